The Morgan fingerprint density at radius 2 is 1.86 bits per heavy atom. The lowest BCUT2D eigenvalue weighted by molar-refractivity contribution is 0.176. The Bertz CT molecular complexity index is 310. The van der Waals surface area contributed by atoms with Crippen LogP contribution >= 0.6 is 0 Å². The smallest absolute Gasteiger partial charge is 0.159 e. The molecule has 1 nitrogen and oxygen atoms in total. The van der Waals surface area contributed by atoms with Crippen LogP contribution in [0.5, 0.6) is 0 Å². The first-order valence-corrected chi connectivity index (χ1v) is 4.63. The monoisotopic (exact) mass is 200 g/mol. The average Bonchev–Trinajstić information content (AvgIpc) is 2.08. The van der Waals surface area contributed by atoms with Crippen molar-refractivity contribution in [3.05, 3.63) is 35.4 Å². The predicted octanol–water partition coefficient (Wildman–Crippen LogP) is 2.84. The maximum Gasteiger partial charge on any atom is 0.159 e. The summed E-state index contributed by atoms with van der Waals surface area (Å²) in [6.45, 7) is 3.55. The molecule has 0 aromatic heterocycles. The van der Waals surface area contributed by atoms with Gasteiger partial charge in [-0.25, -0.2) is 8.78 Å². The van der Waals surface area contributed by atoms with Gasteiger partial charge in [0.25, 0.3) is 0 Å². The fourth-order valence-corrected chi connectivity index (χ4v) is 1.47. The summed E-state index contributed by atoms with van der Waals surface area (Å²) in [5.74, 6) is -1.64. The van der Waals surface area contributed by atoms with Crippen molar-refractivity contribution in [2.75, 3.05) is 0 Å². The van der Waals surface area contributed by atoms with Gasteiger partial charge in [0.2, 0.25) is 0 Å². The summed E-state index contributed by atoms with van der Waals surface area (Å²) in [5, 5.41) is 9.14. The fourth-order valence-electron chi connectivity index (χ4n) is 1.47. The van der Waals surface area contributed by atoms with E-state index in [1.54, 1.807) is 13.0 Å². The Morgan fingerprint density at radius 3 is 2.36 bits per heavy atom. The molecule has 0 heterocycles. The van der Waals surface area contributed by atoms with Crippen LogP contribution < -0.4 is 0 Å². The summed E-state index contributed by atoms with van der Waals surface area (Å²) in [4.78, 5) is 0. The lowest BCUT2D eigenvalue weighted by atomic mass is 9.95. The summed E-state index contributed by atoms with van der Waals surface area (Å²) in [7, 11) is 0. The third-order valence-electron chi connectivity index (χ3n) is 2.21. The number of benzene rings is 1. The van der Waals surface area contributed by atoms with Gasteiger partial charge in [0, 0.05) is 0 Å². The van der Waals surface area contributed by atoms with E-state index in [9.17, 15) is 8.78 Å². The first-order chi connectivity index (χ1) is 6.50. The second kappa shape index (κ2) is 4.51. The van der Waals surface area contributed by atoms with E-state index >= 15 is 0 Å². The molecule has 78 valence electrons. The average molecular weight is 200 g/mol. The highest BCUT2D eigenvalue weighted by Crippen LogP contribution is 2.22. The van der Waals surface area contributed by atoms with E-state index in [1.807, 2.05) is 6.92 Å². The minimum Gasteiger partial charge on any atom is -0.393 e. The zero-order valence-corrected chi connectivity index (χ0v) is 8.30. The Balaban J connectivity index is 2.80. The first kappa shape index (κ1) is 11.1. The summed E-state index contributed by atoms with van der Waals surface area (Å²) in [6.07, 6.45) is 0.114. The van der Waals surface area contributed by atoms with Crippen LogP contribution in [-0.4, -0.2) is 11.2 Å². The molecule has 0 amide bonds. The topological polar surface area (TPSA) is 20.2 Å². The van der Waals surface area contributed by atoms with Crippen molar-refractivity contribution in [1.82, 2.24) is 0 Å². The number of aliphatic hydroxyl groups excluding tert-OH is 1. The van der Waals surface area contributed by atoms with Crippen molar-refractivity contribution in [2.45, 2.75) is 32.3 Å². The molecule has 0 aliphatic carbocycles. The fraction of sp³-hybridized carbons (Fsp3) is 0.455. The Hall–Kier alpha value is -0.960. The normalized spacial score (nSPS) is 15.2. The Kier molecular flexibility index (Phi) is 3.58. The molecule has 1 N–H and O–H groups in total. The molecular weight excluding hydrogens is 186 g/mol. The maximum atomic E-state index is 12.8. The summed E-state index contributed by atoms with van der Waals surface area (Å²) >= 11 is 0. The van der Waals surface area contributed by atoms with Crippen LogP contribution in [-0.2, 0) is 0 Å². The van der Waals surface area contributed by atoms with Gasteiger partial charge in [0.1, 0.15) is 0 Å². The molecular formula is C11H14F2O. The molecule has 0 radical (unpaired) electrons. The molecule has 0 saturated heterocycles. The van der Waals surface area contributed by atoms with Gasteiger partial charge in [-0.3, -0.25) is 0 Å². The van der Waals surface area contributed by atoms with Crippen LogP contribution in [0.4, 0.5) is 8.78 Å². The molecule has 1 aromatic carbocycles. The van der Waals surface area contributed by atoms with Gasteiger partial charge in [-0.1, -0.05) is 13.0 Å². The van der Waals surface area contributed by atoms with Crippen molar-refractivity contribution in [3.8, 4) is 0 Å². The highest BCUT2D eigenvalue weighted by atomic mass is 19.2. The van der Waals surface area contributed by atoms with Crippen molar-refractivity contribution >= 4 is 0 Å². The van der Waals surface area contributed by atoms with Gasteiger partial charge in [0.15, 0.2) is 11.6 Å². The van der Waals surface area contributed by atoms with Gasteiger partial charge < -0.3 is 5.11 Å². The Labute approximate surface area is 82.4 Å². The van der Waals surface area contributed by atoms with E-state index in [-0.39, 0.29) is 5.92 Å². The van der Waals surface area contributed by atoms with Gasteiger partial charge >= 0.3 is 0 Å². The number of hydrogen-bond acceptors (Lipinski definition) is 1. The largest absolute Gasteiger partial charge is 0.393 e. The summed E-state index contributed by atoms with van der Waals surface area (Å²) in [5.41, 5.74) is 0.713. The molecule has 2 unspecified atom stereocenters. The number of hydrogen-bond donors (Lipinski definition) is 1. The van der Waals surface area contributed by atoms with Crippen molar-refractivity contribution < 1.29 is 13.9 Å². The van der Waals surface area contributed by atoms with Crippen molar-refractivity contribution in [2.24, 2.45) is 0 Å². The molecule has 3 heteroatoms. The first-order valence-electron chi connectivity index (χ1n) is 4.63. The second-order valence-electron chi connectivity index (χ2n) is 3.66. The van der Waals surface area contributed by atoms with Crippen LogP contribution in [0.3, 0.4) is 0 Å². The molecule has 0 aliphatic heterocycles. The molecule has 14 heavy (non-hydrogen) atoms. The standard InChI is InChI=1S/C11H14F2O/c1-7(5-8(2)14)9-3-4-10(12)11(13)6-9/h3-4,6-8,14H,5H2,1-2H3. The lowest BCUT2D eigenvalue weighted by Gasteiger charge is -2.13. The lowest BCUT2D eigenvalue weighted by Crippen LogP contribution is -2.06. The quantitative estimate of drug-likeness (QED) is 0.795. The highest BCUT2D eigenvalue weighted by Gasteiger charge is 2.11. The van der Waals surface area contributed by atoms with E-state index < -0.39 is 17.7 Å². The van der Waals surface area contributed by atoms with Crippen LogP contribution in [0.1, 0.15) is 31.7 Å². The van der Waals surface area contributed by atoms with Gasteiger partial charge in [-0.15, -0.1) is 0 Å². The molecule has 0 fully saturated rings. The zero-order chi connectivity index (χ0) is 10.7. The van der Waals surface area contributed by atoms with E-state index in [4.69, 9.17) is 5.11 Å². The van der Waals surface area contributed by atoms with E-state index in [2.05, 4.69) is 0 Å². The number of halogens is 2. The number of rotatable bonds is 3. The minimum absolute atomic E-state index is 0.0325. The predicted molar refractivity (Wildman–Crippen MR) is 51.1 cm³/mol. The maximum absolute atomic E-state index is 12.8. The van der Waals surface area contributed by atoms with Gasteiger partial charge in [0.05, 0.1) is 6.10 Å². The number of aliphatic hydroxyl groups is 1. The molecule has 0 spiro atoms. The van der Waals surface area contributed by atoms with E-state index in [0.717, 1.165) is 6.07 Å². The zero-order valence-electron chi connectivity index (χ0n) is 8.30. The molecule has 0 aliphatic rings. The Morgan fingerprint density at radius 1 is 1.21 bits per heavy atom. The van der Waals surface area contributed by atoms with Gasteiger partial charge in [-0.2, -0.15) is 0 Å². The van der Waals surface area contributed by atoms with Crippen LogP contribution in [0, 0.1) is 11.6 Å². The molecule has 1 rings (SSSR count). The van der Waals surface area contributed by atoms with Crippen LogP contribution in [0.2, 0.25) is 0 Å². The van der Waals surface area contributed by atoms with Crippen molar-refractivity contribution in [1.29, 1.82) is 0 Å². The minimum atomic E-state index is -0.835. The third-order valence-corrected chi connectivity index (χ3v) is 2.21. The van der Waals surface area contributed by atoms with Crippen molar-refractivity contribution in [3.63, 3.8) is 0 Å². The van der Waals surface area contributed by atoms with Crippen LogP contribution in [0.15, 0.2) is 18.2 Å². The van der Waals surface area contributed by atoms with E-state index in [0.29, 0.717) is 12.0 Å². The second-order valence-corrected chi connectivity index (χ2v) is 3.66. The van der Waals surface area contributed by atoms with E-state index in [1.165, 1.54) is 6.07 Å². The molecule has 2 atom stereocenters. The SMILES string of the molecule is CC(O)CC(C)c1ccc(F)c(F)c1. The van der Waals surface area contributed by atoms with Gasteiger partial charge in [-0.05, 0) is 37.0 Å². The molecule has 0 bridgehead atoms. The highest BCUT2D eigenvalue weighted by molar-refractivity contribution is 5.21. The third kappa shape index (κ3) is 2.77. The summed E-state index contributed by atoms with van der Waals surface area (Å²) in [6, 6.07) is 3.84. The summed E-state index contributed by atoms with van der Waals surface area (Å²) < 4.78 is 25.4. The molecule has 0 saturated carbocycles. The molecule has 1 aromatic rings. The van der Waals surface area contributed by atoms with Crippen LogP contribution in [0.25, 0.3) is 0 Å².